The third kappa shape index (κ3) is 5.92. The number of carbonyl (C=O) groups excluding carboxylic acids is 1. The summed E-state index contributed by atoms with van der Waals surface area (Å²) in [5, 5.41) is 5.53. The van der Waals surface area contributed by atoms with E-state index >= 15 is 4.39 Å². The first-order valence-corrected chi connectivity index (χ1v) is 9.89. The van der Waals surface area contributed by atoms with Crippen LogP contribution in [-0.4, -0.2) is 42.2 Å². The first kappa shape index (κ1) is 28.1. The van der Waals surface area contributed by atoms with Gasteiger partial charge in [0.25, 0.3) is 5.91 Å². The summed E-state index contributed by atoms with van der Waals surface area (Å²) >= 11 is 0. The van der Waals surface area contributed by atoms with Crippen LogP contribution in [0.25, 0.3) is 11.1 Å². The Bertz CT molecular complexity index is 1190. The second kappa shape index (κ2) is 12.0. The van der Waals surface area contributed by atoms with Crippen LogP contribution in [0.2, 0.25) is 0 Å². The number of aromatic nitrogens is 2. The second-order valence-corrected chi connectivity index (χ2v) is 7.18. The van der Waals surface area contributed by atoms with Crippen molar-refractivity contribution >= 4 is 36.4 Å². The Morgan fingerprint density at radius 3 is 2.43 bits per heavy atom. The molecule has 0 spiro atoms. The quantitative estimate of drug-likeness (QED) is 0.451. The van der Waals surface area contributed by atoms with Crippen LogP contribution < -0.4 is 20.1 Å². The summed E-state index contributed by atoms with van der Waals surface area (Å²) in [6.45, 7) is 1.35. The lowest BCUT2D eigenvalue weighted by Crippen LogP contribution is -2.22. The molecule has 1 aliphatic heterocycles. The van der Waals surface area contributed by atoms with E-state index in [1.54, 1.807) is 0 Å². The van der Waals surface area contributed by atoms with Gasteiger partial charge >= 0.3 is 0 Å². The topological polar surface area (TPSA) is 85.4 Å². The molecule has 0 saturated carbocycles. The Morgan fingerprint density at radius 1 is 1.09 bits per heavy atom. The van der Waals surface area contributed by atoms with E-state index in [4.69, 9.17) is 9.47 Å². The zero-order chi connectivity index (χ0) is 23.5. The third-order valence-corrected chi connectivity index (χ3v) is 5.05. The molecule has 7 nitrogen and oxygen atoms in total. The molecule has 1 aliphatic rings. The van der Waals surface area contributed by atoms with Crippen molar-refractivity contribution in [1.29, 1.82) is 0 Å². The highest BCUT2D eigenvalue weighted by Gasteiger charge is 2.26. The highest BCUT2D eigenvalue weighted by Crippen LogP contribution is 2.35. The molecule has 1 aromatic heterocycles. The zero-order valence-electron chi connectivity index (χ0n) is 18.1. The summed E-state index contributed by atoms with van der Waals surface area (Å²) < 4.78 is 69.1. The van der Waals surface area contributed by atoms with Crippen LogP contribution in [-0.2, 0) is 0 Å². The number of nitrogens with zero attached hydrogens (tertiary/aromatic N) is 2. The van der Waals surface area contributed by atoms with Crippen molar-refractivity contribution in [1.82, 2.24) is 15.3 Å². The number of rotatable bonds is 6. The SMILES string of the molecule is COc1cc(F)c(-c2c(F)ccc(C(=O)Nc3cncnc3O[C@@H]3CCNC3)c2F)c(F)c1.Cl.Cl. The van der Waals surface area contributed by atoms with Gasteiger partial charge in [-0.2, -0.15) is 4.98 Å². The van der Waals surface area contributed by atoms with Crippen LogP contribution in [0, 0.1) is 23.3 Å². The molecule has 1 saturated heterocycles. The maximum absolute atomic E-state index is 15.2. The summed E-state index contributed by atoms with van der Waals surface area (Å²) in [5.41, 5.74) is -2.56. The van der Waals surface area contributed by atoms with Gasteiger partial charge in [0.15, 0.2) is 0 Å². The van der Waals surface area contributed by atoms with Gasteiger partial charge in [0.2, 0.25) is 5.88 Å². The van der Waals surface area contributed by atoms with E-state index in [1.165, 1.54) is 19.6 Å². The summed E-state index contributed by atoms with van der Waals surface area (Å²) in [4.78, 5) is 20.6. The zero-order valence-corrected chi connectivity index (χ0v) is 19.7. The van der Waals surface area contributed by atoms with Gasteiger partial charge in [-0.15, -0.1) is 24.8 Å². The van der Waals surface area contributed by atoms with Gasteiger partial charge in [0.05, 0.1) is 30.0 Å². The predicted octanol–water partition coefficient (Wildman–Crippen LogP) is 4.55. The minimum atomic E-state index is -1.44. The highest BCUT2D eigenvalue weighted by atomic mass is 35.5. The number of ether oxygens (including phenoxy) is 2. The number of hydrogen-bond donors (Lipinski definition) is 2. The molecule has 0 aliphatic carbocycles. The lowest BCUT2D eigenvalue weighted by atomic mass is 9.99. The van der Waals surface area contributed by atoms with Crippen molar-refractivity contribution < 1.29 is 31.8 Å². The van der Waals surface area contributed by atoms with Crippen LogP contribution in [0.4, 0.5) is 23.2 Å². The summed E-state index contributed by atoms with van der Waals surface area (Å²) in [6.07, 6.45) is 3.03. The number of hydrogen-bond acceptors (Lipinski definition) is 6. The van der Waals surface area contributed by atoms with E-state index < -0.39 is 45.9 Å². The smallest absolute Gasteiger partial charge is 0.258 e. The van der Waals surface area contributed by atoms with E-state index in [0.29, 0.717) is 6.54 Å². The van der Waals surface area contributed by atoms with Crippen LogP contribution in [0.1, 0.15) is 16.8 Å². The van der Waals surface area contributed by atoms with Crippen molar-refractivity contribution in [3.63, 3.8) is 0 Å². The fourth-order valence-corrected chi connectivity index (χ4v) is 3.44. The van der Waals surface area contributed by atoms with Crippen LogP contribution in [0.3, 0.4) is 0 Å². The Morgan fingerprint density at radius 2 is 1.80 bits per heavy atom. The molecule has 0 unspecified atom stereocenters. The number of methoxy groups -OCH3 is 1. The molecule has 2 heterocycles. The van der Waals surface area contributed by atoms with Gasteiger partial charge in [-0.3, -0.25) is 4.79 Å². The fourth-order valence-electron chi connectivity index (χ4n) is 3.44. The molecule has 3 aromatic rings. The molecule has 0 bridgehead atoms. The van der Waals surface area contributed by atoms with E-state index in [1.807, 2.05) is 0 Å². The molecule has 0 radical (unpaired) electrons. The lowest BCUT2D eigenvalue weighted by Gasteiger charge is -2.16. The number of halogens is 6. The van der Waals surface area contributed by atoms with Crippen LogP contribution in [0.15, 0.2) is 36.8 Å². The normalized spacial score (nSPS) is 14.5. The van der Waals surface area contributed by atoms with E-state index in [2.05, 4.69) is 20.6 Å². The highest BCUT2D eigenvalue weighted by molar-refractivity contribution is 6.05. The number of benzene rings is 2. The molecular weight excluding hydrogens is 515 g/mol. The van der Waals surface area contributed by atoms with Crippen LogP contribution in [0.5, 0.6) is 11.6 Å². The Balaban J connectivity index is 0.00000216. The molecule has 35 heavy (non-hydrogen) atoms. The van der Waals surface area contributed by atoms with Crippen molar-refractivity contribution in [2.24, 2.45) is 0 Å². The Hall–Kier alpha value is -3.15. The maximum atomic E-state index is 15.2. The first-order chi connectivity index (χ1) is 15.9. The number of anilines is 1. The van der Waals surface area contributed by atoms with E-state index in [0.717, 1.165) is 37.2 Å². The minimum absolute atomic E-state index is 0. The summed E-state index contributed by atoms with van der Waals surface area (Å²) in [7, 11) is 1.19. The van der Waals surface area contributed by atoms with Crippen LogP contribution >= 0.6 is 24.8 Å². The van der Waals surface area contributed by atoms with Crippen molar-refractivity contribution in [3.05, 3.63) is 65.6 Å². The van der Waals surface area contributed by atoms with Crippen molar-refractivity contribution in [2.45, 2.75) is 12.5 Å². The van der Waals surface area contributed by atoms with Gasteiger partial charge in [0.1, 0.15) is 47.1 Å². The Labute approximate surface area is 210 Å². The van der Waals surface area contributed by atoms with Gasteiger partial charge in [-0.25, -0.2) is 22.5 Å². The predicted molar refractivity (Wildman–Crippen MR) is 125 cm³/mol. The van der Waals surface area contributed by atoms with E-state index in [-0.39, 0.29) is 48.2 Å². The number of amides is 1. The molecule has 13 heteroatoms. The summed E-state index contributed by atoms with van der Waals surface area (Å²) in [5.74, 6) is -6.28. The standard InChI is InChI=1S/C22H18F4N4O3.2ClH/c1-32-12-6-15(24)18(16(25)7-12)19-14(23)3-2-13(20(19)26)21(31)30-17-9-28-10-29-22(17)33-11-4-5-27-8-11;;/h2-3,6-7,9-11,27H,4-5,8H2,1H3,(H,30,31);2*1H/t11-;;/m1../s1. The molecule has 4 rings (SSSR count). The average Bonchev–Trinajstić information content (AvgIpc) is 3.29. The lowest BCUT2D eigenvalue weighted by molar-refractivity contribution is 0.102. The van der Waals surface area contributed by atoms with Gasteiger partial charge in [0, 0.05) is 18.7 Å². The van der Waals surface area contributed by atoms with E-state index in [9.17, 15) is 18.0 Å². The first-order valence-electron chi connectivity index (χ1n) is 9.89. The summed E-state index contributed by atoms with van der Waals surface area (Å²) in [6, 6.07) is 3.19. The van der Waals surface area contributed by atoms with Gasteiger partial charge in [-0.1, -0.05) is 0 Å². The fraction of sp³-hybridized carbons (Fsp3) is 0.227. The molecule has 188 valence electrons. The second-order valence-electron chi connectivity index (χ2n) is 7.18. The van der Waals surface area contributed by atoms with Gasteiger partial charge in [-0.05, 0) is 25.1 Å². The third-order valence-electron chi connectivity index (χ3n) is 5.05. The molecule has 2 aromatic carbocycles. The number of nitrogens with one attached hydrogen (secondary N) is 2. The van der Waals surface area contributed by atoms with Gasteiger partial charge < -0.3 is 20.1 Å². The molecule has 2 N–H and O–H groups in total. The number of carbonyl (C=O) groups is 1. The maximum Gasteiger partial charge on any atom is 0.258 e. The average molecular weight is 535 g/mol. The monoisotopic (exact) mass is 534 g/mol. The minimum Gasteiger partial charge on any atom is -0.497 e. The molecule has 1 amide bonds. The van der Waals surface area contributed by atoms with Crippen molar-refractivity contribution in [3.8, 4) is 22.8 Å². The Kier molecular flexibility index (Phi) is 9.64. The largest absolute Gasteiger partial charge is 0.497 e. The molecule has 1 atom stereocenters. The van der Waals surface area contributed by atoms with Crippen molar-refractivity contribution in [2.75, 3.05) is 25.5 Å². The molecule has 1 fully saturated rings. The molecular formula is C22H20Cl2F4N4O3.